The van der Waals surface area contributed by atoms with Crippen LogP contribution in [0.2, 0.25) is 0 Å². The lowest BCUT2D eigenvalue weighted by molar-refractivity contribution is 0.0924. The second-order valence-electron chi connectivity index (χ2n) is 5.71. The molecule has 0 unspecified atom stereocenters. The summed E-state index contributed by atoms with van der Waals surface area (Å²) in [6.45, 7) is 0.771. The Labute approximate surface area is 136 Å². The van der Waals surface area contributed by atoms with Crippen LogP contribution in [0.1, 0.15) is 23.2 Å². The van der Waals surface area contributed by atoms with Gasteiger partial charge in [-0.25, -0.2) is 21.1 Å². The molecule has 0 bridgehead atoms. The molecule has 0 saturated carbocycles. The number of sulfonamides is 1. The molecule has 1 N–H and O–H groups in total. The largest absolute Gasteiger partial charge is 0.349 e. The number of sulfone groups is 1. The SMILES string of the molecule is CS(=O)(=O)c1ccc(C(=O)NC2CCN(S(C)(=O)=O)CC2)cc1. The van der Waals surface area contributed by atoms with E-state index in [0.29, 0.717) is 31.5 Å². The molecule has 0 spiro atoms. The first-order valence-electron chi connectivity index (χ1n) is 7.13. The molecule has 1 fully saturated rings. The minimum absolute atomic E-state index is 0.0879. The van der Waals surface area contributed by atoms with E-state index in [2.05, 4.69) is 5.32 Å². The van der Waals surface area contributed by atoms with E-state index in [4.69, 9.17) is 0 Å². The van der Waals surface area contributed by atoms with Gasteiger partial charge in [-0.2, -0.15) is 0 Å². The van der Waals surface area contributed by atoms with Gasteiger partial charge in [-0.05, 0) is 37.1 Å². The Balaban J connectivity index is 1.96. The number of piperidine rings is 1. The second kappa shape index (κ2) is 6.58. The third-order valence-corrected chi connectivity index (χ3v) is 6.23. The molecule has 1 amide bonds. The van der Waals surface area contributed by atoms with Crippen molar-refractivity contribution in [2.45, 2.75) is 23.8 Å². The highest BCUT2D eigenvalue weighted by Gasteiger charge is 2.26. The molecule has 0 radical (unpaired) electrons. The molecule has 1 saturated heterocycles. The quantitative estimate of drug-likeness (QED) is 0.829. The number of hydrogen-bond donors (Lipinski definition) is 1. The third kappa shape index (κ3) is 4.76. The molecule has 1 aliphatic rings. The van der Waals surface area contributed by atoms with Crippen LogP contribution in [0.15, 0.2) is 29.2 Å². The van der Waals surface area contributed by atoms with E-state index in [1.807, 2.05) is 0 Å². The number of carbonyl (C=O) groups excluding carboxylic acids is 1. The van der Waals surface area contributed by atoms with Crippen LogP contribution in [0.5, 0.6) is 0 Å². The lowest BCUT2D eigenvalue weighted by atomic mass is 10.1. The van der Waals surface area contributed by atoms with Crippen molar-refractivity contribution in [1.29, 1.82) is 0 Å². The van der Waals surface area contributed by atoms with Gasteiger partial charge >= 0.3 is 0 Å². The molecule has 128 valence electrons. The summed E-state index contributed by atoms with van der Waals surface area (Å²) in [7, 11) is -6.47. The Morgan fingerprint density at radius 3 is 2.00 bits per heavy atom. The summed E-state index contributed by atoms with van der Waals surface area (Å²) in [4.78, 5) is 12.3. The van der Waals surface area contributed by atoms with E-state index in [0.717, 1.165) is 6.26 Å². The fourth-order valence-corrected chi connectivity index (χ4v) is 3.96. The van der Waals surface area contributed by atoms with Gasteiger partial charge in [0.1, 0.15) is 0 Å². The Morgan fingerprint density at radius 1 is 1.04 bits per heavy atom. The molecule has 0 atom stereocenters. The number of nitrogens with zero attached hydrogens (tertiary/aromatic N) is 1. The van der Waals surface area contributed by atoms with Crippen molar-refractivity contribution in [2.75, 3.05) is 25.6 Å². The maximum Gasteiger partial charge on any atom is 0.251 e. The molecule has 0 aliphatic carbocycles. The molecular formula is C14H20N2O5S2. The monoisotopic (exact) mass is 360 g/mol. The number of rotatable bonds is 4. The molecule has 1 aromatic rings. The third-order valence-electron chi connectivity index (χ3n) is 3.80. The summed E-state index contributed by atoms with van der Waals surface area (Å²) in [6, 6.07) is 5.65. The molecule has 9 heteroatoms. The van der Waals surface area contributed by atoms with Gasteiger partial charge in [0, 0.05) is 31.0 Å². The van der Waals surface area contributed by atoms with E-state index in [1.54, 1.807) is 0 Å². The zero-order chi connectivity index (χ0) is 17.3. The lowest BCUT2D eigenvalue weighted by Gasteiger charge is -2.30. The summed E-state index contributed by atoms with van der Waals surface area (Å²) in [5.74, 6) is -0.289. The van der Waals surface area contributed by atoms with Crippen LogP contribution >= 0.6 is 0 Å². The van der Waals surface area contributed by atoms with Gasteiger partial charge < -0.3 is 5.32 Å². The summed E-state index contributed by atoms with van der Waals surface area (Å²) in [5.41, 5.74) is 0.378. The van der Waals surface area contributed by atoms with Gasteiger partial charge in [0.2, 0.25) is 10.0 Å². The van der Waals surface area contributed by atoms with Crippen molar-refractivity contribution in [3.05, 3.63) is 29.8 Å². The highest BCUT2D eigenvalue weighted by atomic mass is 32.2. The molecule has 0 aromatic heterocycles. The standard InChI is InChI=1S/C14H20N2O5S2/c1-22(18,19)13-5-3-11(4-6-13)14(17)15-12-7-9-16(10-8-12)23(2,20)21/h3-6,12H,7-10H2,1-2H3,(H,15,17). The lowest BCUT2D eigenvalue weighted by Crippen LogP contribution is -2.46. The van der Waals surface area contributed by atoms with Crippen LogP contribution in [0.3, 0.4) is 0 Å². The van der Waals surface area contributed by atoms with Crippen molar-refractivity contribution in [3.63, 3.8) is 0 Å². The average molecular weight is 360 g/mol. The van der Waals surface area contributed by atoms with Crippen LogP contribution in [-0.4, -0.2) is 58.7 Å². The Bertz CT molecular complexity index is 777. The average Bonchev–Trinajstić information content (AvgIpc) is 2.46. The first-order chi connectivity index (χ1) is 10.6. The summed E-state index contributed by atoms with van der Waals surface area (Å²) >= 11 is 0. The van der Waals surface area contributed by atoms with Crippen LogP contribution < -0.4 is 5.32 Å². The van der Waals surface area contributed by atoms with E-state index < -0.39 is 19.9 Å². The summed E-state index contributed by atoms with van der Waals surface area (Å²) in [6.07, 6.45) is 3.40. The topological polar surface area (TPSA) is 101 Å². The molecule has 7 nitrogen and oxygen atoms in total. The fourth-order valence-electron chi connectivity index (χ4n) is 2.45. The van der Waals surface area contributed by atoms with Gasteiger partial charge in [0.05, 0.1) is 11.2 Å². The Morgan fingerprint density at radius 2 is 1.57 bits per heavy atom. The van der Waals surface area contributed by atoms with Crippen LogP contribution in [0.25, 0.3) is 0 Å². The van der Waals surface area contributed by atoms with E-state index in [1.165, 1.54) is 34.8 Å². The summed E-state index contributed by atoms with van der Waals surface area (Å²) < 4.78 is 47.1. The Hall–Kier alpha value is -1.45. The first-order valence-corrected chi connectivity index (χ1v) is 10.9. The predicted octanol–water partition coefficient (Wildman–Crippen LogP) is 0.244. The van der Waals surface area contributed by atoms with Gasteiger partial charge in [-0.3, -0.25) is 4.79 Å². The fraction of sp³-hybridized carbons (Fsp3) is 0.500. The molecule has 1 heterocycles. The molecule has 1 aliphatic heterocycles. The van der Waals surface area contributed by atoms with E-state index in [-0.39, 0.29) is 16.8 Å². The molecular weight excluding hydrogens is 340 g/mol. The number of benzene rings is 1. The van der Waals surface area contributed by atoms with Gasteiger partial charge in [0.15, 0.2) is 9.84 Å². The highest BCUT2D eigenvalue weighted by Crippen LogP contribution is 2.15. The van der Waals surface area contributed by atoms with Crippen molar-refractivity contribution >= 4 is 25.8 Å². The number of carbonyl (C=O) groups is 1. The number of hydrogen-bond acceptors (Lipinski definition) is 5. The van der Waals surface area contributed by atoms with Crippen molar-refractivity contribution in [1.82, 2.24) is 9.62 Å². The molecule has 23 heavy (non-hydrogen) atoms. The van der Waals surface area contributed by atoms with Gasteiger partial charge in [0.25, 0.3) is 5.91 Å². The van der Waals surface area contributed by atoms with Crippen molar-refractivity contribution in [2.24, 2.45) is 0 Å². The van der Waals surface area contributed by atoms with Crippen LogP contribution in [-0.2, 0) is 19.9 Å². The maximum absolute atomic E-state index is 12.2. The first kappa shape index (κ1) is 17.9. The predicted molar refractivity (Wildman–Crippen MR) is 86.5 cm³/mol. The minimum Gasteiger partial charge on any atom is -0.349 e. The van der Waals surface area contributed by atoms with E-state index in [9.17, 15) is 21.6 Å². The zero-order valence-corrected chi connectivity index (χ0v) is 14.7. The smallest absolute Gasteiger partial charge is 0.251 e. The summed E-state index contributed by atoms with van der Waals surface area (Å²) in [5, 5.41) is 2.86. The maximum atomic E-state index is 12.2. The molecule has 1 aromatic carbocycles. The normalized spacial score (nSPS) is 17.8. The second-order valence-corrected chi connectivity index (χ2v) is 9.70. The Kier molecular flexibility index (Phi) is 5.12. The molecule has 2 rings (SSSR count). The zero-order valence-electron chi connectivity index (χ0n) is 13.0. The number of nitrogens with one attached hydrogen (secondary N) is 1. The van der Waals surface area contributed by atoms with Crippen molar-refractivity contribution < 1.29 is 21.6 Å². The minimum atomic E-state index is -3.29. The highest BCUT2D eigenvalue weighted by molar-refractivity contribution is 7.90. The van der Waals surface area contributed by atoms with Crippen LogP contribution in [0, 0.1) is 0 Å². The van der Waals surface area contributed by atoms with Crippen LogP contribution in [0.4, 0.5) is 0 Å². The van der Waals surface area contributed by atoms with E-state index >= 15 is 0 Å². The number of amides is 1. The van der Waals surface area contributed by atoms with Gasteiger partial charge in [-0.1, -0.05) is 0 Å². The van der Waals surface area contributed by atoms with Crippen molar-refractivity contribution in [3.8, 4) is 0 Å². The van der Waals surface area contributed by atoms with Gasteiger partial charge in [-0.15, -0.1) is 0 Å².